The topological polar surface area (TPSA) is 12.4 Å². The molecule has 1 nitrogen and oxygen atoms in total. The normalized spacial score (nSPS) is 14.7. The van der Waals surface area contributed by atoms with Crippen molar-refractivity contribution in [3.8, 4) is 0 Å². The number of thiol groups is 1. The Kier molecular flexibility index (Phi) is 4.60. The zero-order valence-corrected chi connectivity index (χ0v) is 9.48. The Labute approximate surface area is 81.7 Å². The second-order valence-electron chi connectivity index (χ2n) is 3.03. The van der Waals surface area contributed by atoms with Gasteiger partial charge in [-0.1, -0.05) is 43.4 Å². The van der Waals surface area contributed by atoms with E-state index < -0.39 is 0 Å². The third-order valence-electron chi connectivity index (χ3n) is 1.10. The Morgan fingerprint density at radius 3 is 2.10 bits per heavy atom. The van der Waals surface area contributed by atoms with Crippen molar-refractivity contribution in [3.05, 3.63) is 10.2 Å². The molecule has 0 aromatic heterocycles. The lowest BCUT2D eigenvalue weighted by molar-refractivity contribution is 0.596. The Bertz CT molecular complexity index is 155. The lowest BCUT2D eigenvalue weighted by Crippen LogP contribution is -2.16. The zero-order valence-electron chi connectivity index (χ0n) is 6.43. The van der Waals surface area contributed by atoms with Gasteiger partial charge in [-0.25, -0.2) is 4.40 Å². The van der Waals surface area contributed by atoms with Crippen LogP contribution in [-0.2, 0) is 0 Å². The second-order valence-corrected chi connectivity index (χ2v) is 3.95. The summed E-state index contributed by atoms with van der Waals surface area (Å²) >= 11 is 6.05. The molecule has 58 valence electrons. The van der Waals surface area contributed by atoms with Gasteiger partial charge in [-0.05, 0) is 23.0 Å². The standard InChI is InChI=1S/C7H12INS/c1-7(2,3)6(9-10)4-5-8/h4-5,10H,1-3H3/b5-4-,9-6+. The van der Waals surface area contributed by atoms with E-state index in [9.17, 15) is 0 Å². The van der Waals surface area contributed by atoms with Crippen LogP contribution in [0.15, 0.2) is 14.6 Å². The molecule has 0 aromatic carbocycles. The van der Waals surface area contributed by atoms with E-state index in [0.717, 1.165) is 5.71 Å². The van der Waals surface area contributed by atoms with Crippen molar-refractivity contribution in [2.75, 3.05) is 0 Å². The summed E-state index contributed by atoms with van der Waals surface area (Å²) in [6.45, 7) is 6.33. The molecule has 0 aliphatic carbocycles. The maximum absolute atomic E-state index is 3.88. The summed E-state index contributed by atoms with van der Waals surface area (Å²) in [7, 11) is 0. The van der Waals surface area contributed by atoms with Crippen LogP contribution >= 0.6 is 35.4 Å². The molecule has 0 heterocycles. The van der Waals surface area contributed by atoms with Gasteiger partial charge in [0.1, 0.15) is 0 Å². The van der Waals surface area contributed by atoms with E-state index in [1.165, 1.54) is 0 Å². The molecule has 0 saturated carbocycles. The lowest BCUT2D eigenvalue weighted by Gasteiger charge is -2.16. The van der Waals surface area contributed by atoms with Gasteiger partial charge < -0.3 is 0 Å². The SMILES string of the molecule is CC(C)(C)C(/C=C\I)=N/S. The average molecular weight is 269 g/mol. The number of halogens is 1. The predicted molar refractivity (Wildman–Crippen MR) is 59.0 cm³/mol. The molecule has 0 unspecified atom stereocenters. The van der Waals surface area contributed by atoms with Gasteiger partial charge in [-0.2, -0.15) is 0 Å². The molecule has 0 saturated heterocycles. The molecule has 0 fully saturated rings. The first-order valence-electron chi connectivity index (χ1n) is 3.01. The highest BCUT2D eigenvalue weighted by molar-refractivity contribution is 14.1. The molecular weight excluding hydrogens is 257 g/mol. The fourth-order valence-electron chi connectivity index (χ4n) is 0.493. The van der Waals surface area contributed by atoms with Gasteiger partial charge in [0.05, 0.1) is 5.71 Å². The van der Waals surface area contributed by atoms with Crippen LogP contribution in [0.3, 0.4) is 0 Å². The Morgan fingerprint density at radius 2 is 2.00 bits per heavy atom. The number of allylic oxidation sites excluding steroid dienone is 1. The van der Waals surface area contributed by atoms with Gasteiger partial charge >= 0.3 is 0 Å². The van der Waals surface area contributed by atoms with Crippen molar-refractivity contribution in [1.29, 1.82) is 0 Å². The summed E-state index contributed by atoms with van der Waals surface area (Å²) in [4.78, 5) is 0. The maximum atomic E-state index is 3.88. The minimum absolute atomic E-state index is 0.101. The molecule has 0 amide bonds. The van der Waals surface area contributed by atoms with E-state index >= 15 is 0 Å². The third-order valence-corrected chi connectivity index (χ3v) is 1.67. The average Bonchev–Trinajstić information content (AvgIpc) is 1.80. The minimum Gasteiger partial charge on any atom is -0.224 e. The van der Waals surface area contributed by atoms with Crippen LogP contribution in [0.25, 0.3) is 0 Å². The van der Waals surface area contributed by atoms with E-state index in [2.05, 4.69) is 60.6 Å². The molecule has 10 heavy (non-hydrogen) atoms. The molecule has 0 aliphatic rings. The van der Waals surface area contributed by atoms with Crippen LogP contribution < -0.4 is 0 Å². The smallest absolute Gasteiger partial charge is 0.0541 e. The Balaban J connectivity index is 4.39. The van der Waals surface area contributed by atoms with Crippen LogP contribution in [0.4, 0.5) is 0 Å². The van der Waals surface area contributed by atoms with Crippen LogP contribution in [0.2, 0.25) is 0 Å². The first-order chi connectivity index (χ1) is 4.52. The Morgan fingerprint density at radius 1 is 1.50 bits per heavy atom. The van der Waals surface area contributed by atoms with Gasteiger partial charge in [0, 0.05) is 5.41 Å². The van der Waals surface area contributed by atoms with E-state index in [4.69, 9.17) is 0 Å². The molecule has 0 atom stereocenters. The summed E-state index contributed by atoms with van der Waals surface area (Å²) in [6, 6.07) is 0. The van der Waals surface area contributed by atoms with E-state index in [-0.39, 0.29) is 5.41 Å². The molecule has 0 aromatic rings. The van der Waals surface area contributed by atoms with Crippen LogP contribution in [-0.4, -0.2) is 5.71 Å². The molecule has 0 N–H and O–H groups in total. The molecule has 0 rings (SSSR count). The maximum Gasteiger partial charge on any atom is 0.0541 e. The highest BCUT2D eigenvalue weighted by Gasteiger charge is 2.15. The summed E-state index contributed by atoms with van der Waals surface area (Å²) < 4.78 is 5.81. The van der Waals surface area contributed by atoms with Crippen molar-refractivity contribution in [2.45, 2.75) is 20.8 Å². The number of hydrogen-bond donors (Lipinski definition) is 1. The highest BCUT2D eigenvalue weighted by atomic mass is 127. The van der Waals surface area contributed by atoms with Gasteiger partial charge in [0.15, 0.2) is 0 Å². The van der Waals surface area contributed by atoms with Crippen molar-refractivity contribution in [3.63, 3.8) is 0 Å². The number of nitrogens with zero attached hydrogens (tertiary/aromatic N) is 1. The van der Waals surface area contributed by atoms with Crippen molar-refractivity contribution < 1.29 is 0 Å². The molecule has 0 aliphatic heterocycles. The van der Waals surface area contributed by atoms with E-state index in [1.54, 1.807) is 0 Å². The summed E-state index contributed by atoms with van der Waals surface area (Å²) in [5, 5.41) is 0. The first kappa shape index (κ1) is 10.5. The molecule has 0 spiro atoms. The highest BCUT2D eigenvalue weighted by Crippen LogP contribution is 2.17. The minimum atomic E-state index is 0.101. The second kappa shape index (κ2) is 4.38. The Hall–Kier alpha value is 0.490. The summed E-state index contributed by atoms with van der Waals surface area (Å²) in [6.07, 6.45) is 1.97. The first-order valence-corrected chi connectivity index (χ1v) is 4.66. The van der Waals surface area contributed by atoms with Crippen LogP contribution in [0, 0.1) is 5.41 Å². The predicted octanol–water partition coefficient (Wildman–Crippen LogP) is 3.27. The van der Waals surface area contributed by atoms with Gasteiger partial charge in [-0.3, -0.25) is 0 Å². The number of rotatable bonds is 1. The molecule has 0 bridgehead atoms. The lowest BCUT2D eigenvalue weighted by atomic mass is 9.90. The fourth-order valence-corrected chi connectivity index (χ4v) is 1.20. The molecule has 3 heteroatoms. The van der Waals surface area contributed by atoms with E-state index in [0.29, 0.717) is 0 Å². The van der Waals surface area contributed by atoms with Crippen LogP contribution in [0.1, 0.15) is 20.8 Å². The van der Waals surface area contributed by atoms with Crippen molar-refractivity contribution in [1.82, 2.24) is 0 Å². The van der Waals surface area contributed by atoms with Crippen molar-refractivity contribution >= 4 is 41.1 Å². The van der Waals surface area contributed by atoms with Gasteiger partial charge in [0.25, 0.3) is 0 Å². The van der Waals surface area contributed by atoms with Crippen LogP contribution in [0.5, 0.6) is 0 Å². The summed E-state index contributed by atoms with van der Waals surface area (Å²) in [5.41, 5.74) is 1.11. The quantitative estimate of drug-likeness (QED) is 0.426. The molecule has 0 radical (unpaired) electrons. The fraction of sp³-hybridized carbons (Fsp3) is 0.571. The zero-order chi connectivity index (χ0) is 8.20. The van der Waals surface area contributed by atoms with Crippen molar-refractivity contribution in [2.24, 2.45) is 9.81 Å². The number of hydrogen-bond acceptors (Lipinski definition) is 2. The van der Waals surface area contributed by atoms with Gasteiger partial charge in [0.2, 0.25) is 0 Å². The largest absolute Gasteiger partial charge is 0.224 e. The monoisotopic (exact) mass is 269 g/mol. The summed E-state index contributed by atoms with van der Waals surface area (Å²) in [5.74, 6) is 0. The third kappa shape index (κ3) is 3.61. The molecular formula is C7H12INS. The van der Waals surface area contributed by atoms with E-state index in [1.807, 2.05) is 10.2 Å². The van der Waals surface area contributed by atoms with Gasteiger partial charge in [-0.15, -0.1) is 0 Å².